The average molecular weight is 306 g/mol. The smallest absolute Gasteiger partial charge is 0.120 e. The molecule has 1 aliphatic carbocycles. The number of hydrogen-bond acceptors (Lipinski definition) is 3. The van der Waals surface area contributed by atoms with E-state index in [9.17, 15) is 5.11 Å². The number of aromatic nitrogens is 1. The van der Waals surface area contributed by atoms with E-state index in [-0.39, 0.29) is 5.92 Å². The predicted octanol–water partition coefficient (Wildman–Crippen LogP) is 3.14. The van der Waals surface area contributed by atoms with Crippen LogP contribution < -0.4 is 0 Å². The summed E-state index contributed by atoms with van der Waals surface area (Å²) >= 11 is 0. The summed E-state index contributed by atoms with van der Waals surface area (Å²) in [5.74, 6) is 0.211. The highest BCUT2D eigenvalue weighted by atomic mass is 16.3. The van der Waals surface area contributed by atoms with E-state index in [0.717, 1.165) is 48.3 Å². The van der Waals surface area contributed by atoms with Crippen molar-refractivity contribution in [1.29, 1.82) is 0 Å². The second-order valence-corrected chi connectivity index (χ2v) is 6.70. The van der Waals surface area contributed by atoms with Gasteiger partial charge in [0.25, 0.3) is 0 Å². The van der Waals surface area contributed by atoms with Crippen LogP contribution in [0.2, 0.25) is 0 Å². The number of nitrogens with zero attached hydrogens (tertiary/aromatic N) is 2. The molecule has 1 aromatic heterocycles. The molecule has 0 amide bonds. The first-order chi connectivity index (χ1) is 11.2. The van der Waals surface area contributed by atoms with Gasteiger partial charge in [-0.05, 0) is 62.2 Å². The Hall–Kier alpha value is -1.97. The number of likely N-dealkylation sites (tertiary alicyclic amines) is 1. The fraction of sp³-hybridized carbons (Fsp3) is 0.350. The van der Waals surface area contributed by atoms with Crippen LogP contribution in [0.15, 0.2) is 42.6 Å². The van der Waals surface area contributed by atoms with Gasteiger partial charge in [-0.3, -0.25) is 4.98 Å². The number of pyridine rings is 1. The van der Waals surface area contributed by atoms with Crippen molar-refractivity contribution < 1.29 is 5.11 Å². The molecule has 0 saturated carbocycles. The first-order valence-corrected chi connectivity index (χ1v) is 8.33. The van der Waals surface area contributed by atoms with E-state index in [1.807, 2.05) is 30.3 Å². The van der Waals surface area contributed by atoms with Gasteiger partial charge in [0, 0.05) is 11.8 Å². The average Bonchev–Trinajstić information content (AvgIpc) is 2.72. The summed E-state index contributed by atoms with van der Waals surface area (Å²) < 4.78 is 0. The minimum atomic E-state index is -0.967. The van der Waals surface area contributed by atoms with E-state index in [4.69, 9.17) is 0 Å². The highest BCUT2D eigenvalue weighted by Gasteiger charge is 2.44. The van der Waals surface area contributed by atoms with Crippen molar-refractivity contribution in [2.45, 2.75) is 18.4 Å². The molecule has 1 aromatic carbocycles. The SMILES string of the molecule is CN1CCC([C@]2(O)c3ccccc3C=Cc3ncccc32)CC1. The van der Waals surface area contributed by atoms with Crippen molar-refractivity contribution in [2.75, 3.05) is 20.1 Å². The minimum absolute atomic E-state index is 0.211. The zero-order valence-corrected chi connectivity index (χ0v) is 13.4. The molecule has 118 valence electrons. The van der Waals surface area contributed by atoms with E-state index < -0.39 is 5.60 Å². The number of hydrogen-bond donors (Lipinski definition) is 1. The van der Waals surface area contributed by atoms with Gasteiger partial charge in [0.15, 0.2) is 0 Å². The molecule has 0 radical (unpaired) electrons. The van der Waals surface area contributed by atoms with Gasteiger partial charge in [0.2, 0.25) is 0 Å². The molecule has 0 spiro atoms. The maximum Gasteiger partial charge on any atom is 0.120 e. The van der Waals surface area contributed by atoms with Gasteiger partial charge in [0.05, 0.1) is 5.69 Å². The Morgan fingerprint density at radius 2 is 1.78 bits per heavy atom. The normalized spacial score (nSPS) is 24.8. The Morgan fingerprint density at radius 3 is 2.61 bits per heavy atom. The van der Waals surface area contributed by atoms with Crippen molar-refractivity contribution in [1.82, 2.24) is 9.88 Å². The minimum Gasteiger partial charge on any atom is -0.380 e. The maximum absolute atomic E-state index is 12.0. The van der Waals surface area contributed by atoms with Crippen LogP contribution in [0.3, 0.4) is 0 Å². The van der Waals surface area contributed by atoms with Crippen molar-refractivity contribution in [3.8, 4) is 0 Å². The van der Waals surface area contributed by atoms with Gasteiger partial charge < -0.3 is 10.0 Å². The third-order valence-electron chi connectivity index (χ3n) is 5.35. The third kappa shape index (κ3) is 2.32. The fourth-order valence-corrected chi connectivity index (χ4v) is 4.04. The van der Waals surface area contributed by atoms with Crippen LogP contribution in [0.25, 0.3) is 12.2 Å². The van der Waals surface area contributed by atoms with Gasteiger partial charge >= 0.3 is 0 Å². The Balaban J connectivity index is 1.91. The number of piperidine rings is 1. The van der Waals surface area contributed by atoms with Crippen LogP contribution in [0.5, 0.6) is 0 Å². The lowest BCUT2D eigenvalue weighted by atomic mass is 9.71. The summed E-state index contributed by atoms with van der Waals surface area (Å²) in [6.07, 6.45) is 7.90. The molecule has 2 aromatic rings. The van der Waals surface area contributed by atoms with Gasteiger partial charge in [-0.2, -0.15) is 0 Å². The summed E-state index contributed by atoms with van der Waals surface area (Å²) in [6, 6.07) is 12.2. The zero-order valence-electron chi connectivity index (χ0n) is 13.4. The van der Waals surface area contributed by atoms with Gasteiger partial charge in [-0.1, -0.05) is 36.4 Å². The van der Waals surface area contributed by atoms with Crippen LogP contribution in [0, 0.1) is 5.92 Å². The molecule has 2 aliphatic rings. The maximum atomic E-state index is 12.0. The summed E-state index contributed by atoms with van der Waals surface area (Å²) in [6.45, 7) is 2.05. The molecular weight excluding hydrogens is 284 g/mol. The van der Waals surface area contributed by atoms with Crippen LogP contribution in [-0.2, 0) is 5.60 Å². The van der Waals surface area contributed by atoms with Crippen molar-refractivity contribution in [3.05, 3.63) is 65.0 Å². The fourth-order valence-electron chi connectivity index (χ4n) is 4.04. The first kappa shape index (κ1) is 14.6. The largest absolute Gasteiger partial charge is 0.380 e. The summed E-state index contributed by atoms with van der Waals surface area (Å²) in [5, 5.41) is 12.0. The van der Waals surface area contributed by atoms with E-state index >= 15 is 0 Å². The second kappa shape index (κ2) is 5.59. The number of fused-ring (bicyclic) bond motifs is 2. The van der Waals surface area contributed by atoms with Gasteiger partial charge in [-0.15, -0.1) is 0 Å². The Kier molecular flexibility index (Phi) is 3.55. The Labute approximate surface area is 137 Å². The second-order valence-electron chi connectivity index (χ2n) is 6.70. The van der Waals surface area contributed by atoms with E-state index in [1.54, 1.807) is 6.20 Å². The third-order valence-corrected chi connectivity index (χ3v) is 5.35. The first-order valence-electron chi connectivity index (χ1n) is 8.33. The summed E-state index contributed by atoms with van der Waals surface area (Å²) in [5.41, 5.74) is 2.95. The lowest BCUT2D eigenvalue weighted by Crippen LogP contribution is -2.43. The lowest BCUT2D eigenvalue weighted by molar-refractivity contribution is -0.0113. The highest BCUT2D eigenvalue weighted by Crippen LogP contribution is 2.45. The highest BCUT2D eigenvalue weighted by molar-refractivity contribution is 5.75. The molecule has 3 nitrogen and oxygen atoms in total. The van der Waals surface area contributed by atoms with Crippen molar-refractivity contribution >= 4 is 12.2 Å². The van der Waals surface area contributed by atoms with Crippen molar-refractivity contribution in [2.24, 2.45) is 5.92 Å². The molecule has 3 heteroatoms. The molecule has 4 rings (SSSR count). The molecule has 2 heterocycles. The molecule has 0 bridgehead atoms. The van der Waals surface area contributed by atoms with Crippen LogP contribution in [0.1, 0.15) is 35.2 Å². The predicted molar refractivity (Wildman–Crippen MR) is 92.8 cm³/mol. The van der Waals surface area contributed by atoms with E-state index in [0.29, 0.717) is 0 Å². The zero-order chi connectivity index (χ0) is 15.9. The van der Waals surface area contributed by atoms with Gasteiger partial charge in [-0.25, -0.2) is 0 Å². The number of rotatable bonds is 1. The molecule has 1 aliphatic heterocycles. The van der Waals surface area contributed by atoms with Gasteiger partial charge in [0.1, 0.15) is 5.60 Å². The quantitative estimate of drug-likeness (QED) is 0.879. The Morgan fingerprint density at radius 1 is 1.04 bits per heavy atom. The molecular formula is C20H22N2O. The number of benzene rings is 1. The topological polar surface area (TPSA) is 36.4 Å². The molecule has 0 unspecified atom stereocenters. The van der Waals surface area contributed by atoms with Crippen LogP contribution >= 0.6 is 0 Å². The van der Waals surface area contributed by atoms with Crippen LogP contribution in [0.4, 0.5) is 0 Å². The molecule has 23 heavy (non-hydrogen) atoms. The monoisotopic (exact) mass is 306 g/mol. The van der Waals surface area contributed by atoms with E-state index in [2.05, 4.69) is 35.1 Å². The van der Waals surface area contributed by atoms with Crippen molar-refractivity contribution in [3.63, 3.8) is 0 Å². The summed E-state index contributed by atoms with van der Waals surface area (Å²) in [7, 11) is 2.15. The Bertz CT molecular complexity index is 695. The molecule has 1 N–H and O–H groups in total. The number of aliphatic hydroxyl groups is 1. The standard InChI is InChI=1S/C20H22N2O/c1-22-13-10-16(11-14-22)20(23)17-6-3-2-5-15(17)8-9-19-18(20)7-4-12-21-19/h2-9,12,16,23H,10-11,13-14H2,1H3/t20-/m0/s1. The molecule has 1 atom stereocenters. The summed E-state index contributed by atoms with van der Waals surface area (Å²) in [4.78, 5) is 6.85. The lowest BCUT2D eigenvalue weighted by Gasteiger charge is -2.42. The van der Waals surface area contributed by atoms with E-state index in [1.165, 1.54) is 0 Å². The van der Waals surface area contributed by atoms with Crippen LogP contribution in [-0.4, -0.2) is 35.1 Å². The molecule has 1 saturated heterocycles. The molecule has 1 fully saturated rings.